The van der Waals surface area contributed by atoms with E-state index in [-0.39, 0.29) is 30.3 Å². The van der Waals surface area contributed by atoms with E-state index in [1.54, 1.807) is 36.4 Å². The number of carbonyl (C=O) groups excluding carboxylic acids is 2. The van der Waals surface area contributed by atoms with E-state index in [4.69, 9.17) is 0 Å². The van der Waals surface area contributed by atoms with Crippen LogP contribution in [0.5, 0.6) is 0 Å². The molecule has 0 aromatic heterocycles. The third kappa shape index (κ3) is 4.92. The van der Waals surface area contributed by atoms with Crippen LogP contribution >= 0.6 is 12.4 Å². The average Bonchev–Trinajstić information content (AvgIpc) is 3.10. The van der Waals surface area contributed by atoms with Gasteiger partial charge in [-0.1, -0.05) is 35.9 Å². The Morgan fingerprint density at radius 3 is 2.36 bits per heavy atom. The summed E-state index contributed by atoms with van der Waals surface area (Å²) in [7, 11) is 0. The third-order valence-electron chi connectivity index (χ3n) is 3.77. The molecule has 1 heterocycles. The first-order valence-electron chi connectivity index (χ1n) is 7.81. The van der Waals surface area contributed by atoms with Gasteiger partial charge in [-0.15, -0.1) is 12.4 Å². The Bertz CT molecular complexity index is 788. The fourth-order valence-electron chi connectivity index (χ4n) is 2.45. The molecular formula is C19H20ClN3O2. The van der Waals surface area contributed by atoms with E-state index in [0.717, 1.165) is 5.56 Å². The van der Waals surface area contributed by atoms with Crippen molar-refractivity contribution < 1.29 is 9.59 Å². The van der Waals surface area contributed by atoms with E-state index in [1.807, 2.05) is 31.2 Å². The molecule has 0 fully saturated rings. The number of amides is 2. The second kappa shape index (κ2) is 8.46. The summed E-state index contributed by atoms with van der Waals surface area (Å²) < 4.78 is 0. The number of hydrogen-bond donors (Lipinski definition) is 3. The van der Waals surface area contributed by atoms with Crippen molar-refractivity contribution in [2.24, 2.45) is 0 Å². The topological polar surface area (TPSA) is 70.2 Å². The SMILES string of the molecule is Cc1ccc(C(=O)Nc2cccc(NC(=O)C3C=CCN3)c2)cc1.Cl. The molecule has 0 bridgehead atoms. The minimum absolute atomic E-state index is 0. The summed E-state index contributed by atoms with van der Waals surface area (Å²) in [4.78, 5) is 24.3. The zero-order chi connectivity index (χ0) is 16.9. The highest BCUT2D eigenvalue weighted by atomic mass is 35.5. The molecule has 6 heteroatoms. The maximum atomic E-state index is 12.3. The van der Waals surface area contributed by atoms with E-state index < -0.39 is 0 Å². The smallest absolute Gasteiger partial charge is 0.255 e. The van der Waals surface area contributed by atoms with Crippen LogP contribution < -0.4 is 16.0 Å². The molecule has 1 aliphatic heterocycles. The van der Waals surface area contributed by atoms with Gasteiger partial charge in [-0.3, -0.25) is 14.9 Å². The summed E-state index contributed by atoms with van der Waals surface area (Å²) in [5.41, 5.74) is 2.97. The number of aryl methyl sites for hydroxylation is 1. The molecule has 1 aliphatic rings. The van der Waals surface area contributed by atoms with Gasteiger partial charge in [0.05, 0.1) is 0 Å². The minimum Gasteiger partial charge on any atom is -0.324 e. The quantitative estimate of drug-likeness (QED) is 0.736. The van der Waals surface area contributed by atoms with E-state index in [9.17, 15) is 9.59 Å². The zero-order valence-corrected chi connectivity index (χ0v) is 14.6. The number of halogens is 1. The second-order valence-corrected chi connectivity index (χ2v) is 5.70. The predicted octanol–water partition coefficient (Wildman–Crippen LogP) is 3.14. The minimum atomic E-state index is -0.309. The van der Waals surface area contributed by atoms with Gasteiger partial charge in [0.2, 0.25) is 5.91 Å². The van der Waals surface area contributed by atoms with Crippen molar-refractivity contribution in [3.8, 4) is 0 Å². The maximum Gasteiger partial charge on any atom is 0.255 e. The summed E-state index contributed by atoms with van der Waals surface area (Å²) in [5, 5.41) is 8.74. The first-order valence-corrected chi connectivity index (χ1v) is 7.81. The third-order valence-corrected chi connectivity index (χ3v) is 3.77. The Balaban J connectivity index is 0.00000225. The van der Waals surface area contributed by atoms with Gasteiger partial charge in [-0.25, -0.2) is 0 Å². The number of rotatable bonds is 4. The largest absolute Gasteiger partial charge is 0.324 e. The first kappa shape index (κ1) is 18.7. The number of nitrogens with one attached hydrogen (secondary N) is 3. The lowest BCUT2D eigenvalue weighted by molar-refractivity contribution is -0.116. The van der Waals surface area contributed by atoms with Crippen LogP contribution in [-0.4, -0.2) is 24.4 Å². The van der Waals surface area contributed by atoms with Crippen LogP contribution in [-0.2, 0) is 4.79 Å². The lowest BCUT2D eigenvalue weighted by atomic mass is 10.1. The van der Waals surface area contributed by atoms with Crippen LogP contribution in [0.15, 0.2) is 60.7 Å². The molecule has 5 nitrogen and oxygen atoms in total. The summed E-state index contributed by atoms with van der Waals surface area (Å²) in [5.74, 6) is -0.301. The molecule has 0 saturated heterocycles. The van der Waals surface area contributed by atoms with Crippen molar-refractivity contribution >= 4 is 35.6 Å². The summed E-state index contributed by atoms with van der Waals surface area (Å²) in [6, 6.07) is 14.2. The van der Waals surface area contributed by atoms with Crippen LogP contribution in [0.3, 0.4) is 0 Å². The van der Waals surface area contributed by atoms with Gasteiger partial charge in [0, 0.05) is 23.5 Å². The molecule has 3 N–H and O–H groups in total. The van der Waals surface area contributed by atoms with E-state index in [2.05, 4.69) is 16.0 Å². The highest BCUT2D eigenvalue weighted by Crippen LogP contribution is 2.17. The lowest BCUT2D eigenvalue weighted by Gasteiger charge is -2.12. The Morgan fingerprint density at radius 2 is 1.72 bits per heavy atom. The van der Waals surface area contributed by atoms with Crippen LogP contribution in [0.25, 0.3) is 0 Å². The van der Waals surface area contributed by atoms with Gasteiger partial charge in [0.25, 0.3) is 5.91 Å². The fourth-order valence-corrected chi connectivity index (χ4v) is 2.45. The predicted molar refractivity (Wildman–Crippen MR) is 102 cm³/mol. The summed E-state index contributed by atoms with van der Waals surface area (Å²) in [6.45, 7) is 2.67. The number of benzene rings is 2. The van der Waals surface area contributed by atoms with Gasteiger partial charge in [-0.2, -0.15) is 0 Å². The lowest BCUT2D eigenvalue weighted by Crippen LogP contribution is -2.35. The van der Waals surface area contributed by atoms with Crippen molar-refractivity contribution in [1.29, 1.82) is 0 Å². The molecule has 2 amide bonds. The molecule has 0 spiro atoms. The Labute approximate surface area is 152 Å². The van der Waals surface area contributed by atoms with Crippen LogP contribution in [0.1, 0.15) is 15.9 Å². The number of hydrogen-bond acceptors (Lipinski definition) is 3. The van der Waals surface area contributed by atoms with Crippen molar-refractivity contribution in [3.63, 3.8) is 0 Å². The van der Waals surface area contributed by atoms with E-state index in [1.165, 1.54) is 0 Å². The van der Waals surface area contributed by atoms with Crippen molar-refractivity contribution in [3.05, 3.63) is 71.8 Å². The summed E-state index contributed by atoms with van der Waals surface area (Å²) >= 11 is 0. The van der Waals surface area contributed by atoms with E-state index >= 15 is 0 Å². The standard InChI is InChI=1S/C19H19N3O2.ClH/c1-13-7-9-14(10-8-13)18(23)21-15-4-2-5-16(12-15)22-19(24)17-6-3-11-20-17;/h2-10,12,17,20H,11H2,1H3,(H,21,23)(H,22,24);1H. The van der Waals surface area contributed by atoms with Crippen LogP contribution in [0.4, 0.5) is 11.4 Å². The molecule has 2 aromatic rings. The van der Waals surface area contributed by atoms with Gasteiger partial charge < -0.3 is 10.6 Å². The highest BCUT2D eigenvalue weighted by molar-refractivity contribution is 6.05. The van der Waals surface area contributed by atoms with Crippen molar-refractivity contribution in [1.82, 2.24) is 5.32 Å². The monoisotopic (exact) mass is 357 g/mol. The molecule has 1 unspecified atom stereocenters. The molecule has 0 radical (unpaired) electrons. The van der Waals surface area contributed by atoms with Crippen molar-refractivity contribution in [2.45, 2.75) is 13.0 Å². The Kier molecular flexibility index (Phi) is 6.33. The highest BCUT2D eigenvalue weighted by Gasteiger charge is 2.17. The zero-order valence-electron chi connectivity index (χ0n) is 13.8. The molecule has 3 rings (SSSR count). The molecule has 2 aromatic carbocycles. The fraction of sp³-hybridized carbons (Fsp3) is 0.158. The molecule has 25 heavy (non-hydrogen) atoms. The normalized spacial score (nSPS) is 15.3. The molecule has 0 saturated carbocycles. The first-order chi connectivity index (χ1) is 11.6. The Morgan fingerprint density at radius 1 is 1.04 bits per heavy atom. The maximum absolute atomic E-state index is 12.3. The Hall–Kier alpha value is -2.63. The summed E-state index contributed by atoms with van der Waals surface area (Å²) in [6.07, 6.45) is 3.75. The van der Waals surface area contributed by atoms with E-state index in [0.29, 0.717) is 23.5 Å². The van der Waals surface area contributed by atoms with Crippen LogP contribution in [0.2, 0.25) is 0 Å². The molecule has 1 atom stereocenters. The van der Waals surface area contributed by atoms with Gasteiger partial charge >= 0.3 is 0 Å². The van der Waals surface area contributed by atoms with Crippen LogP contribution in [0, 0.1) is 6.92 Å². The number of anilines is 2. The molecule has 130 valence electrons. The van der Waals surface area contributed by atoms with Crippen molar-refractivity contribution in [2.75, 3.05) is 17.2 Å². The van der Waals surface area contributed by atoms with Gasteiger partial charge in [0.15, 0.2) is 0 Å². The molecular weight excluding hydrogens is 338 g/mol. The second-order valence-electron chi connectivity index (χ2n) is 5.70. The number of carbonyl (C=O) groups is 2. The molecule has 0 aliphatic carbocycles. The average molecular weight is 358 g/mol. The van der Waals surface area contributed by atoms with Gasteiger partial charge in [-0.05, 0) is 37.3 Å². The van der Waals surface area contributed by atoms with Gasteiger partial charge in [0.1, 0.15) is 6.04 Å².